The Morgan fingerprint density at radius 2 is 2.10 bits per heavy atom. The monoisotopic (exact) mass is 290 g/mol. The van der Waals surface area contributed by atoms with E-state index in [1.54, 1.807) is 11.3 Å². The molecule has 106 valence electrons. The minimum atomic E-state index is 0.302. The summed E-state index contributed by atoms with van der Waals surface area (Å²) < 4.78 is 11.1. The van der Waals surface area contributed by atoms with Gasteiger partial charge in [-0.05, 0) is 31.5 Å². The highest BCUT2D eigenvalue weighted by Crippen LogP contribution is 2.31. The number of thiazole rings is 1. The highest BCUT2D eigenvalue weighted by Gasteiger charge is 2.13. The maximum Gasteiger partial charge on any atom is 0.161 e. The van der Waals surface area contributed by atoms with Gasteiger partial charge in [0.05, 0.1) is 11.2 Å². The molecule has 1 atom stereocenters. The van der Waals surface area contributed by atoms with Crippen molar-refractivity contribution < 1.29 is 9.47 Å². The van der Waals surface area contributed by atoms with E-state index in [9.17, 15) is 0 Å². The van der Waals surface area contributed by atoms with Gasteiger partial charge in [-0.3, -0.25) is 0 Å². The average molecular weight is 290 g/mol. The summed E-state index contributed by atoms with van der Waals surface area (Å²) in [7, 11) is 0. The SMILES string of the molecule is Cc1ncsc1C(C)NCc1ccc2c(c1)OCCO2. The Kier molecular flexibility index (Phi) is 3.89. The van der Waals surface area contributed by atoms with E-state index in [2.05, 4.69) is 23.3 Å². The molecular weight excluding hydrogens is 272 g/mol. The van der Waals surface area contributed by atoms with Gasteiger partial charge >= 0.3 is 0 Å². The molecule has 0 saturated heterocycles. The zero-order valence-electron chi connectivity index (χ0n) is 11.7. The van der Waals surface area contributed by atoms with E-state index in [1.165, 1.54) is 10.4 Å². The number of aromatic nitrogens is 1. The first-order valence-electron chi connectivity index (χ1n) is 6.76. The van der Waals surface area contributed by atoms with E-state index in [4.69, 9.17) is 9.47 Å². The van der Waals surface area contributed by atoms with E-state index in [-0.39, 0.29) is 0 Å². The van der Waals surface area contributed by atoms with E-state index >= 15 is 0 Å². The third kappa shape index (κ3) is 2.78. The quantitative estimate of drug-likeness (QED) is 0.940. The van der Waals surface area contributed by atoms with Crippen molar-refractivity contribution in [1.82, 2.24) is 10.3 Å². The standard InChI is InChI=1S/C15H18N2O2S/c1-10(15-11(2)17-9-20-15)16-8-12-3-4-13-14(7-12)19-6-5-18-13/h3-4,7,9-10,16H,5-6,8H2,1-2H3. The van der Waals surface area contributed by atoms with Gasteiger partial charge in [-0.1, -0.05) is 6.07 Å². The molecule has 0 saturated carbocycles. The second-order valence-corrected chi connectivity index (χ2v) is 5.77. The van der Waals surface area contributed by atoms with Crippen LogP contribution >= 0.6 is 11.3 Å². The van der Waals surface area contributed by atoms with Crippen LogP contribution in [0.1, 0.15) is 29.1 Å². The van der Waals surface area contributed by atoms with Gasteiger partial charge in [-0.25, -0.2) is 4.98 Å². The maximum atomic E-state index is 5.60. The molecule has 1 N–H and O–H groups in total. The number of hydrogen-bond donors (Lipinski definition) is 1. The minimum Gasteiger partial charge on any atom is -0.486 e. The molecule has 0 bridgehead atoms. The lowest BCUT2D eigenvalue weighted by Crippen LogP contribution is -2.19. The zero-order chi connectivity index (χ0) is 13.9. The van der Waals surface area contributed by atoms with Crippen LogP contribution in [-0.4, -0.2) is 18.2 Å². The Labute approximate surface area is 122 Å². The fourth-order valence-corrected chi connectivity index (χ4v) is 3.12. The Morgan fingerprint density at radius 1 is 1.30 bits per heavy atom. The minimum absolute atomic E-state index is 0.302. The Morgan fingerprint density at radius 3 is 2.85 bits per heavy atom. The Balaban J connectivity index is 1.65. The third-order valence-corrected chi connectivity index (χ3v) is 4.51. The molecule has 1 aliphatic rings. The summed E-state index contributed by atoms with van der Waals surface area (Å²) in [4.78, 5) is 5.59. The predicted octanol–water partition coefficient (Wildman–Crippen LogP) is 3.07. The largest absolute Gasteiger partial charge is 0.486 e. The van der Waals surface area contributed by atoms with Crippen LogP contribution in [0.4, 0.5) is 0 Å². The number of aryl methyl sites for hydroxylation is 1. The lowest BCUT2D eigenvalue weighted by molar-refractivity contribution is 0.171. The molecular formula is C15H18N2O2S. The van der Waals surface area contributed by atoms with Gasteiger partial charge in [0.15, 0.2) is 11.5 Å². The van der Waals surface area contributed by atoms with E-state index in [0.29, 0.717) is 19.3 Å². The normalized spacial score (nSPS) is 15.1. The molecule has 2 aromatic rings. The van der Waals surface area contributed by atoms with Crippen molar-refractivity contribution in [2.75, 3.05) is 13.2 Å². The highest BCUT2D eigenvalue weighted by atomic mass is 32.1. The van der Waals surface area contributed by atoms with Crippen LogP contribution < -0.4 is 14.8 Å². The molecule has 0 radical (unpaired) electrons. The van der Waals surface area contributed by atoms with Gasteiger partial charge in [-0.15, -0.1) is 11.3 Å². The van der Waals surface area contributed by atoms with Crippen LogP contribution in [0.2, 0.25) is 0 Å². The number of benzene rings is 1. The molecule has 4 nitrogen and oxygen atoms in total. The first kappa shape index (κ1) is 13.4. The molecule has 2 heterocycles. The lowest BCUT2D eigenvalue weighted by atomic mass is 10.1. The van der Waals surface area contributed by atoms with Crippen molar-refractivity contribution in [3.8, 4) is 11.5 Å². The summed E-state index contributed by atoms with van der Waals surface area (Å²) in [6, 6.07) is 6.41. The van der Waals surface area contributed by atoms with Crippen molar-refractivity contribution in [1.29, 1.82) is 0 Å². The number of ether oxygens (including phenoxy) is 2. The number of nitrogens with zero attached hydrogens (tertiary/aromatic N) is 1. The fourth-order valence-electron chi connectivity index (χ4n) is 2.29. The number of rotatable bonds is 4. The van der Waals surface area contributed by atoms with E-state index < -0.39 is 0 Å². The number of hydrogen-bond acceptors (Lipinski definition) is 5. The average Bonchev–Trinajstić information content (AvgIpc) is 2.91. The van der Waals surface area contributed by atoms with Gasteiger partial charge < -0.3 is 14.8 Å². The molecule has 20 heavy (non-hydrogen) atoms. The van der Waals surface area contributed by atoms with Crippen molar-refractivity contribution in [3.63, 3.8) is 0 Å². The second-order valence-electron chi connectivity index (χ2n) is 4.88. The molecule has 0 spiro atoms. The van der Waals surface area contributed by atoms with E-state index in [1.807, 2.05) is 24.6 Å². The predicted molar refractivity (Wildman–Crippen MR) is 79.5 cm³/mol. The topological polar surface area (TPSA) is 43.4 Å². The lowest BCUT2D eigenvalue weighted by Gasteiger charge is -2.19. The Bertz CT molecular complexity index is 597. The highest BCUT2D eigenvalue weighted by molar-refractivity contribution is 7.09. The molecule has 1 unspecified atom stereocenters. The number of fused-ring (bicyclic) bond motifs is 1. The summed E-state index contributed by atoms with van der Waals surface area (Å²) >= 11 is 1.70. The van der Waals surface area contributed by atoms with Crippen LogP contribution in [0.3, 0.4) is 0 Å². The maximum absolute atomic E-state index is 5.60. The van der Waals surface area contributed by atoms with Crippen molar-refractivity contribution in [2.45, 2.75) is 26.4 Å². The van der Waals surface area contributed by atoms with Crippen molar-refractivity contribution in [3.05, 3.63) is 39.8 Å². The van der Waals surface area contributed by atoms with Gasteiger partial charge in [0.25, 0.3) is 0 Å². The molecule has 1 aromatic carbocycles. The third-order valence-electron chi connectivity index (χ3n) is 3.39. The first-order valence-corrected chi connectivity index (χ1v) is 7.64. The van der Waals surface area contributed by atoms with Gasteiger partial charge in [0, 0.05) is 17.5 Å². The number of nitrogens with one attached hydrogen (secondary N) is 1. The van der Waals surface area contributed by atoms with Gasteiger partial charge in [0.1, 0.15) is 13.2 Å². The Hall–Kier alpha value is -1.59. The molecule has 0 aliphatic carbocycles. The summed E-state index contributed by atoms with van der Waals surface area (Å²) in [6.45, 7) is 6.27. The van der Waals surface area contributed by atoms with Gasteiger partial charge in [-0.2, -0.15) is 0 Å². The summed E-state index contributed by atoms with van der Waals surface area (Å²) in [5.74, 6) is 1.68. The first-order chi connectivity index (χ1) is 9.74. The van der Waals surface area contributed by atoms with Crippen molar-refractivity contribution in [2.24, 2.45) is 0 Å². The second kappa shape index (κ2) is 5.81. The molecule has 0 amide bonds. The molecule has 5 heteroatoms. The molecule has 3 rings (SSSR count). The summed E-state index contributed by atoms with van der Waals surface area (Å²) in [6.07, 6.45) is 0. The smallest absolute Gasteiger partial charge is 0.161 e. The van der Waals surface area contributed by atoms with Crippen LogP contribution in [0.15, 0.2) is 23.7 Å². The molecule has 1 aromatic heterocycles. The van der Waals surface area contributed by atoms with Crippen molar-refractivity contribution >= 4 is 11.3 Å². The summed E-state index contributed by atoms with van der Waals surface area (Å²) in [5, 5.41) is 3.52. The van der Waals surface area contributed by atoms with Gasteiger partial charge in [0.2, 0.25) is 0 Å². The van der Waals surface area contributed by atoms with E-state index in [0.717, 1.165) is 23.7 Å². The zero-order valence-corrected chi connectivity index (χ0v) is 12.5. The summed E-state index contributed by atoms with van der Waals surface area (Å²) in [5.41, 5.74) is 4.20. The van der Waals surface area contributed by atoms with Crippen LogP contribution in [-0.2, 0) is 6.54 Å². The van der Waals surface area contributed by atoms with Crippen LogP contribution in [0.25, 0.3) is 0 Å². The molecule has 1 aliphatic heterocycles. The van der Waals surface area contributed by atoms with Crippen LogP contribution in [0, 0.1) is 6.92 Å². The molecule has 0 fully saturated rings. The van der Waals surface area contributed by atoms with Crippen LogP contribution in [0.5, 0.6) is 11.5 Å². The fraction of sp³-hybridized carbons (Fsp3) is 0.400.